The van der Waals surface area contributed by atoms with E-state index in [1.54, 1.807) is 0 Å². The van der Waals surface area contributed by atoms with E-state index in [9.17, 15) is 0 Å². The molecule has 0 spiro atoms. The molecule has 3 rings (SSSR count). The highest BCUT2D eigenvalue weighted by atomic mass is 35.5. The van der Waals surface area contributed by atoms with Gasteiger partial charge in [0.25, 0.3) is 0 Å². The van der Waals surface area contributed by atoms with Crippen LogP contribution in [-0.4, -0.2) is 23.0 Å². The molecule has 0 radical (unpaired) electrons. The van der Waals surface area contributed by atoms with Crippen LogP contribution < -0.4 is 0 Å². The number of fused-ring (bicyclic) bond motifs is 1. The molecule has 2 aromatic rings. The van der Waals surface area contributed by atoms with E-state index in [0.717, 1.165) is 34.0 Å². The number of rotatable bonds is 4. The van der Waals surface area contributed by atoms with Crippen molar-refractivity contribution in [2.75, 3.05) is 7.05 Å². The smallest absolute Gasteiger partial charge is 0.0761 e. The molecule has 1 saturated carbocycles. The zero-order valence-corrected chi connectivity index (χ0v) is 12.2. The summed E-state index contributed by atoms with van der Waals surface area (Å²) in [7, 11) is 2.18. The maximum absolute atomic E-state index is 6.38. The highest BCUT2D eigenvalue weighted by molar-refractivity contribution is 6.32. The van der Waals surface area contributed by atoms with Crippen molar-refractivity contribution < 1.29 is 0 Å². The Kier molecular flexibility index (Phi) is 3.46. The molecular formula is C16H19ClN2. The minimum Gasteiger partial charge on any atom is -0.299 e. The number of pyridine rings is 1. The van der Waals surface area contributed by atoms with Crippen molar-refractivity contribution in [1.29, 1.82) is 0 Å². The highest BCUT2D eigenvalue weighted by Crippen LogP contribution is 2.36. The number of benzene rings is 1. The standard InChI is InChI=1S/C16H19ClN2/c1-11(12-5-6-12)19(2)10-14-15(17)8-7-13-4-3-9-18-16(13)14/h3-4,7-9,11-12H,5-6,10H2,1-2H3. The number of hydrogen-bond donors (Lipinski definition) is 0. The maximum Gasteiger partial charge on any atom is 0.0761 e. The molecule has 1 aliphatic rings. The lowest BCUT2D eigenvalue weighted by atomic mass is 10.1. The fourth-order valence-electron chi connectivity index (χ4n) is 2.66. The number of halogens is 1. The molecule has 100 valence electrons. The van der Waals surface area contributed by atoms with Crippen molar-refractivity contribution in [2.45, 2.75) is 32.4 Å². The Morgan fingerprint density at radius 1 is 1.37 bits per heavy atom. The number of aromatic nitrogens is 1. The van der Waals surface area contributed by atoms with E-state index in [1.165, 1.54) is 12.8 Å². The molecule has 0 bridgehead atoms. The Labute approximate surface area is 119 Å². The van der Waals surface area contributed by atoms with Crippen molar-refractivity contribution in [3.05, 3.63) is 41.0 Å². The summed E-state index contributed by atoms with van der Waals surface area (Å²) in [6, 6.07) is 8.70. The largest absolute Gasteiger partial charge is 0.299 e. The van der Waals surface area contributed by atoms with E-state index in [0.29, 0.717) is 6.04 Å². The van der Waals surface area contributed by atoms with Crippen LogP contribution in [0.4, 0.5) is 0 Å². The van der Waals surface area contributed by atoms with E-state index in [4.69, 9.17) is 11.6 Å². The summed E-state index contributed by atoms with van der Waals surface area (Å²) in [5, 5.41) is 1.98. The average Bonchev–Trinajstić information content (AvgIpc) is 3.25. The average molecular weight is 275 g/mol. The van der Waals surface area contributed by atoms with Crippen LogP contribution >= 0.6 is 11.6 Å². The second-order valence-electron chi connectivity index (χ2n) is 5.59. The highest BCUT2D eigenvalue weighted by Gasteiger charge is 2.30. The van der Waals surface area contributed by atoms with Crippen molar-refractivity contribution >= 4 is 22.5 Å². The molecule has 1 aromatic carbocycles. The summed E-state index contributed by atoms with van der Waals surface area (Å²) < 4.78 is 0. The van der Waals surface area contributed by atoms with Gasteiger partial charge < -0.3 is 0 Å². The monoisotopic (exact) mass is 274 g/mol. The van der Waals surface area contributed by atoms with Crippen LogP contribution in [0.5, 0.6) is 0 Å². The Morgan fingerprint density at radius 2 is 2.16 bits per heavy atom. The van der Waals surface area contributed by atoms with Gasteiger partial charge in [-0.25, -0.2) is 0 Å². The van der Waals surface area contributed by atoms with Crippen LogP contribution in [0.25, 0.3) is 10.9 Å². The van der Waals surface area contributed by atoms with Gasteiger partial charge in [-0.15, -0.1) is 0 Å². The molecule has 1 fully saturated rings. The third kappa shape index (κ3) is 2.60. The van der Waals surface area contributed by atoms with Crippen LogP contribution in [-0.2, 0) is 6.54 Å². The van der Waals surface area contributed by atoms with Crippen molar-refractivity contribution in [3.8, 4) is 0 Å². The third-order valence-corrected chi connectivity index (χ3v) is 4.58. The Bertz CT molecular complexity index is 592. The molecule has 1 aromatic heterocycles. The van der Waals surface area contributed by atoms with Crippen LogP contribution in [0.2, 0.25) is 5.02 Å². The second kappa shape index (κ2) is 5.10. The van der Waals surface area contributed by atoms with E-state index in [-0.39, 0.29) is 0 Å². The Hall–Kier alpha value is -1.12. The fourth-order valence-corrected chi connectivity index (χ4v) is 2.88. The normalized spacial score (nSPS) is 17.1. The molecule has 0 aliphatic heterocycles. The maximum atomic E-state index is 6.38. The van der Waals surface area contributed by atoms with Gasteiger partial charge in [0.05, 0.1) is 5.52 Å². The summed E-state index contributed by atoms with van der Waals surface area (Å²) in [6.45, 7) is 3.18. The Balaban J connectivity index is 1.92. The lowest BCUT2D eigenvalue weighted by Gasteiger charge is -2.25. The lowest BCUT2D eigenvalue weighted by molar-refractivity contribution is 0.227. The van der Waals surface area contributed by atoms with Gasteiger partial charge in [0.15, 0.2) is 0 Å². The first kappa shape index (κ1) is 12.9. The first-order valence-corrected chi connectivity index (χ1v) is 7.27. The zero-order valence-electron chi connectivity index (χ0n) is 11.4. The molecule has 1 heterocycles. The summed E-state index contributed by atoms with van der Waals surface area (Å²) in [5.74, 6) is 0.867. The van der Waals surface area contributed by atoms with Crippen molar-refractivity contribution in [3.63, 3.8) is 0 Å². The quantitative estimate of drug-likeness (QED) is 0.834. The minimum atomic E-state index is 0.620. The van der Waals surface area contributed by atoms with Gasteiger partial charge in [-0.1, -0.05) is 23.7 Å². The summed E-state index contributed by atoms with van der Waals surface area (Å²) in [4.78, 5) is 6.90. The van der Waals surface area contributed by atoms with Crippen LogP contribution in [0.3, 0.4) is 0 Å². The third-order valence-electron chi connectivity index (χ3n) is 4.23. The van der Waals surface area contributed by atoms with Gasteiger partial charge in [0.1, 0.15) is 0 Å². The fraction of sp³-hybridized carbons (Fsp3) is 0.438. The first-order chi connectivity index (χ1) is 9.16. The molecule has 19 heavy (non-hydrogen) atoms. The van der Waals surface area contributed by atoms with E-state index in [1.807, 2.05) is 24.4 Å². The summed E-state index contributed by atoms with van der Waals surface area (Å²) in [5.41, 5.74) is 2.18. The molecule has 1 aliphatic carbocycles. The van der Waals surface area contributed by atoms with Gasteiger partial charge in [-0.05, 0) is 44.9 Å². The van der Waals surface area contributed by atoms with E-state index in [2.05, 4.69) is 29.9 Å². The van der Waals surface area contributed by atoms with Gasteiger partial charge in [-0.2, -0.15) is 0 Å². The van der Waals surface area contributed by atoms with Crippen molar-refractivity contribution in [2.24, 2.45) is 5.92 Å². The molecule has 1 unspecified atom stereocenters. The predicted molar refractivity (Wildman–Crippen MR) is 80.4 cm³/mol. The first-order valence-electron chi connectivity index (χ1n) is 6.89. The van der Waals surface area contributed by atoms with Crippen LogP contribution in [0.1, 0.15) is 25.3 Å². The minimum absolute atomic E-state index is 0.620. The van der Waals surface area contributed by atoms with Crippen LogP contribution in [0.15, 0.2) is 30.5 Å². The molecular weight excluding hydrogens is 256 g/mol. The zero-order chi connectivity index (χ0) is 13.4. The lowest BCUT2D eigenvalue weighted by Crippen LogP contribution is -2.30. The van der Waals surface area contributed by atoms with Gasteiger partial charge in [0, 0.05) is 34.8 Å². The van der Waals surface area contributed by atoms with E-state index < -0.39 is 0 Å². The topological polar surface area (TPSA) is 16.1 Å². The molecule has 0 amide bonds. The predicted octanol–water partition coefficient (Wildman–Crippen LogP) is 4.12. The Morgan fingerprint density at radius 3 is 2.89 bits per heavy atom. The molecule has 0 N–H and O–H groups in total. The van der Waals surface area contributed by atoms with Gasteiger partial charge in [0.2, 0.25) is 0 Å². The SMILES string of the molecule is CC(C1CC1)N(C)Cc1c(Cl)ccc2cccnc12. The van der Waals surface area contributed by atoms with Gasteiger partial charge >= 0.3 is 0 Å². The van der Waals surface area contributed by atoms with Crippen LogP contribution in [0, 0.1) is 5.92 Å². The summed E-state index contributed by atoms with van der Waals surface area (Å²) in [6.07, 6.45) is 4.58. The number of hydrogen-bond acceptors (Lipinski definition) is 2. The summed E-state index contributed by atoms with van der Waals surface area (Å²) >= 11 is 6.38. The molecule has 3 heteroatoms. The molecule has 0 saturated heterocycles. The molecule has 2 nitrogen and oxygen atoms in total. The van der Waals surface area contributed by atoms with Crippen molar-refractivity contribution in [1.82, 2.24) is 9.88 Å². The molecule has 1 atom stereocenters. The number of nitrogens with zero attached hydrogens (tertiary/aromatic N) is 2. The van der Waals surface area contributed by atoms with Gasteiger partial charge in [-0.3, -0.25) is 9.88 Å². The van der Waals surface area contributed by atoms with E-state index >= 15 is 0 Å². The second-order valence-corrected chi connectivity index (χ2v) is 6.00.